The van der Waals surface area contributed by atoms with Crippen LogP contribution in [0.3, 0.4) is 0 Å². The Morgan fingerprint density at radius 2 is 2.00 bits per heavy atom. The Morgan fingerprint density at radius 3 is 2.69 bits per heavy atom. The molecule has 0 amide bonds. The lowest BCUT2D eigenvalue weighted by atomic mass is 10.2. The maximum absolute atomic E-state index is 5.40. The van der Waals surface area contributed by atoms with E-state index in [2.05, 4.69) is 34.6 Å². The van der Waals surface area contributed by atoms with E-state index in [1.807, 2.05) is 12.1 Å². The van der Waals surface area contributed by atoms with Crippen molar-refractivity contribution in [2.45, 2.75) is 6.92 Å². The molecule has 3 nitrogen and oxygen atoms in total. The molecule has 0 aliphatic carbocycles. The van der Waals surface area contributed by atoms with E-state index in [-0.39, 0.29) is 0 Å². The number of anilines is 1. The van der Waals surface area contributed by atoms with Crippen LogP contribution in [0.25, 0.3) is 0 Å². The van der Waals surface area contributed by atoms with Gasteiger partial charge in [0.1, 0.15) is 0 Å². The maximum atomic E-state index is 5.40. The molecule has 1 heterocycles. The van der Waals surface area contributed by atoms with E-state index in [9.17, 15) is 0 Å². The second-order valence-corrected chi connectivity index (χ2v) is 4.37. The zero-order valence-electron chi connectivity index (χ0n) is 9.49. The van der Waals surface area contributed by atoms with Crippen LogP contribution in [0.1, 0.15) is 5.56 Å². The summed E-state index contributed by atoms with van der Waals surface area (Å²) in [4.78, 5) is 2.21. The van der Waals surface area contributed by atoms with Gasteiger partial charge in [0, 0.05) is 31.9 Å². The van der Waals surface area contributed by atoms with Crippen molar-refractivity contribution in [3.63, 3.8) is 0 Å². The maximum Gasteiger partial charge on any atom is 0.173 e. The standard InChI is InChI=1S/C12H17N3S/c1-10-4-2-3-5-11(10)14-12(16)15-8-6-13-7-9-15/h2-5,13H,6-9H2,1H3,(H,14,16). The van der Waals surface area contributed by atoms with Crippen molar-refractivity contribution in [1.82, 2.24) is 10.2 Å². The van der Waals surface area contributed by atoms with Gasteiger partial charge in [-0.15, -0.1) is 0 Å². The van der Waals surface area contributed by atoms with Crippen molar-refractivity contribution >= 4 is 23.0 Å². The number of rotatable bonds is 1. The molecule has 1 aliphatic rings. The third-order valence-electron chi connectivity index (χ3n) is 2.79. The highest BCUT2D eigenvalue weighted by atomic mass is 32.1. The average Bonchev–Trinajstić information content (AvgIpc) is 2.33. The fourth-order valence-corrected chi connectivity index (χ4v) is 2.07. The van der Waals surface area contributed by atoms with E-state index in [0.29, 0.717) is 0 Å². The number of nitrogens with one attached hydrogen (secondary N) is 2. The topological polar surface area (TPSA) is 27.3 Å². The smallest absolute Gasteiger partial charge is 0.173 e. The average molecular weight is 235 g/mol. The number of nitrogens with zero attached hydrogens (tertiary/aromatic N) is 1. The van der Waals surface area contributed by atoms with Gasteiger partial charge in [-0.25, -0.2) is 0 Å². The third kappa shape index (κ3) is 2.71. The van der Waals surface area contributed by atoms with Crippen LogP contribution in [0.15, 0.2) is 24.3 Å². The summed E-state index contributed by atoms with van der Waals surface area (Å²) in [5.41, 5.74) is 2.33. The SMILES string of the molecule is Cc1ccccc1NC(=S)N1CCNCC1. The van der Waals surface area contributed by atoms with Gasteiger partial charge in [-0.3, -0.25) is 0 Å². The Labute approximate surface area is 102 Å². The number of piperazine rings is 1. The molecule has 4 heteroatoms. The van der Waals surface area contributed by atoms with Gasteiger partial charge in [0.05, 0.1) is 0 Å². The lowest BCUT2D eigenvalue weighted by Gasteiger charge is -2.30. The van der Waals surface area contributed by atoms with Gasteiger partial charge in [0.25, 0.3) is 0 Å². The van der Waals surface area contributed by atoms with Crippen LogP contribution in [0, 0.1) is 6.92 Å². The van der Waals surface area contributed by atoms with Crippen LogP contribution in [-0.4, -0.2) is 36.2 Å². The predicted molar refractivity (Wildman–Crippen MR) is 71.8 cm³/mol. The quantitative estimate of drug-likeness (QED) is 0.723. The van der Waals surface area contributed by atoms with Crippen LogP contribution in [-0.2, 0) is 0 Å². The van der Waals surface area contributed by atoms with Gasteiger partial charge in [0.2, 0.25) is 0 Å². The van der Waals surface area contributed by atoms with Crippen molar-refractivity contribution < 1.29 is 0 Å². The normalized spacial score (nSPS) is 15.9. The Bertz CT molecular complexity index is 372. The first kappa shape index (κ1) is 11.4. The molecule has 16 heavy (non-hydrogen) atoms. The molecule has 1 aromatic rings. The highest BCUT2D eigenvalue weighted by Gasteiger charge is 2.12. The van der Waals surface area contributed by atoms with Crippen molar-refractivity contribution in [3.8, 4) is 0 Å². The summed E-state index contributed by atoms with van der Waals surface area (Å²) >= 11 is 5.40. The minimum atomic E-state index is 0.829. The first-order valence-electron chi connectivity index (χ1n) is 5.59. The molecular formula is C12H17N3S. The Balaban J connectivity index is 1.99. The molecular weight excluding hydrogens is 218 g/mol. The predicted octanol–water partition coefficient (Wildman–Crippen LogP) is 1.60. The summed E-state index contributed by atoms with van der Waals surface area (Å²) in [5, 5.41) is 7.45. The van der Waals surface area contributed by atoms with Crippen molar-refractivity contribution in [2.75, 3.05) is 31.5 Å². The van der Waals surface area contributed by atoms with E-state index < -0.39 is 0 Å². The Morgan fingerprint density at radius 1 is 1.31 bits per heavy atom. The molecule has 0 atom stereocenters. The lowest BCUT2D eigenvalue weighted by molar-refractivity contribution is 0.362. The monoisotopic (exact) mass is 235 g/mol. The van der Waals surface area contributed by atoms with Gasteiger partial charge in [-0.05, 0) is 30.8 Å². The third-order valence-corrected chi connectivity index (χ3v) is 3.15. The van der Waals surface area contributed by atoms with Gasteiger partial charge in [0.15, 0.2) is 5.11 Å². The molecule has 0 saturated carbocycles. The fourth-order valence-electron chi connectivity index (χ4n) is 1.78. The van der Waals surface area contributed by atoms with E-state index in [4.69, 9.17) is 12.2 Å². The van der Waals surface area contributed by atoms with Crippen LogP contribution in [0.4, 0.5) is 5.69 Å². The van der Waals surface area contributed by atoms with Crippen LogP contribution in [0.5, 0.6) is 0 Å². The molecule has 1 aliphatic heterocycles. The summed E-state index contributed by atoms with van der Waals surface area (Å²) in [7, 11) is 0. The van der Waals surface area contributed by atoms with Crippen molar-refractivity contribution in [2.24, 2.45) is 0 Å². The number of para-hydroxylation sites is 1. The van der Waals surface area contributed by atoms with Crippen molar-refractivity contribution in [1.29, 1.82) is 0 Å². The molecule has 0 bridgehead atoms. The minimum absolute atomic E-state index is 0.829. The molecule has 1 fully saturated rings. The van der Waals surface area contributed by atoms with Gasteiger partial charge >= 0.3 is 0 Å². The van der Waals surface area contributed by atoms with E-state index in [1.165, 1.54) is 5.56 Å². The number of hydrogen-bond acceptors (Lipinski definition) is 2. The van der Waals surface area contributed by atoms with Crippen LogP contribution < -0.4 is 10.6 Å². The summed E-state index contributed by atoms with van der Waals surface area (Å²) in [6.45, 7) is 6.07. The van der Waals surface area contributed by atoms with Gasteiger partial charge in [-0.2, -0.15) is 0 Å². The second kappa shape index (κ2) is 5.27. The highest BCUT2D eigenvalue weighted by molar-refractivity contribution is 7.80. The highest BCUT2D eigenvalue weighted by Crippen LogP contribution is 2.14. The lowest BCUT2D eigenvalue weighted by Crippen LogP contribution is -2.47. The van der Waals surface area contributed by atoms with E-state index in [1.54, 1.807) is 0 Å². The first-order valence-corrected chi connectivity index (χ1v) is 6.00. The zero-order chi connectivity index (χ0) is 11.4. The van der Waals surface area contributed by atoms with E-state index >= 15 is 0 Å². The number of aryl methyl sites for hydroxylation is 1. The second-order valence-electron chi connectivity index (χ2n) is 3.98. The van der Waals surface area contributed by atoms with Gasteiger partial charge in [-0.1, -0.05) is 18.2 Å². The van der Waals surface area contributed by atoms with E-state index in [0.717, 1.165) is 37.0 Å². The molecule has 0 radical (unpaired) electrons. The molecule has 0 aromatic heterocycles. The molecule has 2 N–H and O–H groups in total. The molecule has 0 unspecified atom stereocenters. The minimum Gasteiger partial charge on any atom is -0.346 e. The molecule has 2 rings (SSSR count). The number of thiocarbonyl (C=S) groups is 1. The first-order chi connectivity index (χ1) is 7.77. The van der Waals surface area contributed by atoms with Crippen molar-refractivity contribution in [3.05, 3.63) is 29.8 Å². The molecule has 86 valence electrons. The molecule has 0 spiro atoms. The Kier molecular flexibility index (Phi) is 3.74. The number of benzene rings is 1. The van der Waals surface area contributed by atoms with Crippen LogP contribution in [0.2, 0.25) is 0 Å². The summed E-state index contributed by atoms with van der Waals surface area (Å²) in [5.74, 6) is 0. The summed E-state index contributed by atoms with van der Waals surface area (Å²) in [6.07, 6.45) is 0. The summed E-state index contributed by atoms with van der Waals surface area (Å²) < 4.78 is 0. The summed E-state index contributed by atoms with van der Waals surface area (Å²) in [6, 6.07) is 8.20. The Hall–Kier alpha value is -1.13. The van der Waals surface area contributed by atoms with Gasteiger partial charge < -0.3 is 15.5 Å². The zero-order valence-corrected chi connectivity index (χ0v) is 10.3. The van der Waals surface area contributed by atoms with Crippen LogP contribution >= 0.6 is 12.2 Å². The largest absolute Gasteiger partial charge is 0.346 e. The molecule has 1 saturated heterocycles. The number of hydrogen-bond donors (Lipinski definition) is 2. The fraction of sp³-hybridized carbons (Fsp3) is 0.417. The molecule has 1 aromatic carbocycles.